The standard InChI is InChI=1S/C11H10F2N2/c1-14-9-5-4-8(11(12)13)10-7(9)3-2-6-15-10/h2-6,11,14H,1H3. The van der Waals surface area contributed by atoms with Crippen molar-refractivity contribution in [3.05, 3.63) is 36.0 Å². The molecule has 1 N–H and O–H groups in total. The molecule has 0 amide bonds. The van der Waals surface area contributed by atoms with Crippen LogP contribution in [0, 0.1) is 0 Å². The maximum Gasteiger partial charge on any atom is 0.265 e. The van der Waals surface area contributed by atoms with Gasteiger partial charge in [-0.05, 0) is 24.3 Å². The van der Waals surface area contributed by atoms with Gasteiger partial charge in [0.05, 0.1) is 5.52 Å². The number of nitrogens with zero attached hydrogens (tertiary/aromatic N) is 1. The minimum absolute atomic E-state index is 0.0235. The molecule has 0 radical (unpaired) electrons. The summed E-state index contributed by atoms with van der Waals surface area (Å²) < 4.78 is 25.3. The van der Waals surface area contributed by atoms with Crippen molar-refractivity contribution in [1.82, 2.24) is 4.98 Å². The highest BCUT2D eigenvalue weighted by atomic mass is 19.3. The molecule has 1 aromatic heterocycles. The Hall–Kier alpha value is -1.71. The van der Waals surface area contributed by atoms with E-state index in [4.69, 9.17) is 0 Å². The second-order valence-corrected chi connectivity index (χ2v) is 3.15. The van der Waals surface area contributed by atoms with Gasteiger partial charge in [0.1, 0.15) is 0 Å². The molecule has 15 heavy (non-hydrogen) atoms. The van der Waals surface area contributed by atoms with Gasteiger partial charge in [0.2, 0.25) is 0 Å². The summed E-state index contributed by atoms with van der Waals surface area (Å²) in [7, 11) is 1.75. The van der Waals surface area contributed by atoms with E-state index in [1.165, 1.54) is 12.3 Å². The summed E-state index contributed by atoms with van der Waals surface area (Å²) in [6.45, 7) is 0. The fourth-order valence-corrected chi connectivity index (χ4v) is 1.59. The predicted molar refractivity (Wildman–Crippen MR) is 56.2 cm³/mol. The van der Waals surface area contributed by atoms with E-state index in [-0.39, 0.29) is 5.56 Å². The van der Waals surface area contributed by atoms with Gasteiger partial charge < -0.3 is 5.32 Å². The van der Waals surface area contributed by atoms with Crippen LogP contribution in [0.2, 0.25) is 0 Å². The van der Waals surface area contributed by atoms with Crippen molar-refractivity contribution in [2.75, 3.05) is 12.4 Å². The van der Waals surface area contributed by atoms with Crippen LogP contribution in [0.15, 0.2) is 30.5 Å². The molecule has 0 saturated heterocycles. The molecular weight excluding hydrogens is 198 g/mol. The van der Waals surface area contributed by atoms with Gasteiger partial charge in [-0.25, -0.2) is 8.78 Å². The summed E-state index contributed by atoms with van der Waals surface area (Å²) in [5.74, 6) is 0. The highest BCUT2D eigenvalue weighted by Gasteiger charge is 2.13. The zero-order valence-electron chi connectivity index (χ0n) is 8.17. The lowest BCUT2D eigenvalue weighted by Crippen LogP contribution is -1.94. The molecule has 0 aliphatic heterocycles. The number of benzene rings is 1. The molecule has 1 heterocycles. The lowest BCUT2D eigenvalue weighted by atomic mass is 10.1. The van der Waals surface area contributed by atoms with Gasteiger partial charge in [0.15, 0.2) is 0 Å². The number of hydrogen-bond donors (Lipinski definition) is 1. The van der Waals surface area contributed by atoms with E-state index in [9.17, 15) is 8.78 Å². The van der Waals surface area contributed by atoms with Crippen LogP contribution in [-0.4, -0.2) is 12.0 Å². The molecule has 2 aromatic rings. The zero-order valence-corrected chi connectivity index (χ0v) is 8.17. The van der Waals surface area contributed by atoms with Crippen LogP contribution in [0.25, 0.3) is 10.9 Å². The van der Waals surface area contributed by atoms with Crippen molar-refractivity contribution >= 4 is 16.6 Å². The normalized spacial score (nSPS) is 10.9. The number of anilines is 1. The summed E-state index contributed by atoms with van der Waals surface area (Å²) in [4.78, 5) is 3.99. The first-order chi connectivity index (χ1) is 7.24. The maximum absolute atomic E-state index is 12.7. The highest BCUT2D eigenvalue weighted by molar-refractivity contribution is 5.93. The summed E-state index contributed by atoms with van der Waals surface area (Å²) in [6.07, 6.45) is -0.971. The Morgan fingerprint density at radius 2 is 2.07 bits per heavy atom. The molecule has 0 spiro atoms. The zero-order chi connectivity index (χ0) is 10.8. The molecule has 0 aliphatic carbocycles. The monoisotopic (exact) mass is 208 g/mol. The number of nitrogens with one attached hydrogen (secondary N) is 1. The number of rotatable bonds is 2. The Bertz CT molecular complexity index is 483. The van der Waals surface area contributed by atoms with Crippen LogP contribution in [-0.2, 0) is 0 Å². The predicted octanol–water partition coefficient (Wildman–Crippen LogP) is 3.21. The van der Waals surface area contributed by atoms with Crippen LogP contribution < -0.4 is 5.32 Å². The minimum atomic E-state index is -2.49. The van der Waals surface area contributed by atoms with Crippen molar-refractivity contribution in [2.45, 2.75) is 6.43 Å². The van der Waals surface area contributed by atoms with Crippen LogP contribution >= 0.6 is 0 Å². The molecule has 2 rings (SSSR count). The summed E-state index contributed by atoms with van der Waals surface area (Å²) in [5, 5.41) is 3.67. The van der Waals surface area contributed by atoms with E-state index in [0.717, 1.165) is 11.1 Å². The first-order valence-electron chi connectivity index (χ1n) is 4.57. The van der Waals surface area contributed by atoms with Gasteiger partial charge in [-0.1, -0.05) is 0 Å². The number of hydrogen-bond acceptors (Lipinski definition) is 2. The molecule has 2 nitrogen and oxygen atoms in total. The molecule has 0 bridgehead atoms. The number of aromatic nitrogens is 1. The van der Waals surface area contributed by atoms with E-state index >= 15 is 0 Å². The van der Waals surface area contributed by atoms with Gasteiger partial charge >= 0.3 is 0 Å². The average Bonchev–Trinajstić information content (AvgIpc) is 2.27. The molecule has 4 heteroatoms. The summed E-state index contributed by atoms with van der Waals surface area (Å²) in [6, 6.07) is 6.57. The summed E-state index contributed by atoms with van der Waals surface area (Å²) in [5.41, 5.74) is 1.14. The molecule has 0 atom stereocenters. The van der Waals surface area contributed by atoms with Crippen LogP contribution in [0.4, 0.5) is 14.5 Å². The van der Waals surface area contributed by atoms with Gasteiger partial charge in [-0.15, -0.1) is 0 Å². The number of halogens is 2. The molecule has 0 aliphatic rings. The molecule has 1 aromatic carbocycles. The Labute approximate surface area is 85.9 Å². The van der Waals surface area contributed by atoms with Gasteiger partial charge in [-0.2, -0.15) is 0 Å². The Morgan fingerprint density at radius 1 is 1.27 bits per heavy atom. The second-order valence-electron chi connectivity index (χ2n) is 3.15. The first-order valence-corrected chi connectivity index (χ1v) is 4.57. The lowest BCUT2D eigenvalue weighted by Gasteiger charge is -2.08. The van der Waals surface area contributed by atoms with Gasteiger partial charge in [-0.3, -0.25) is 4.98 Å². The maximum atomic E-state index is 12.7. The highest BCUT2D eigenvalue weighted by Crippen LogP contribution is 2.30. The third-order valence-corrected chi connectivity index (χ3v) is 2.31. The average molecular weight is 208 g/mol. The Balaban J connectivity index is 2.77. The first kappa shape index (κ1) is 9.83. The van der Waals surface area contributed by atoms with Gasteiger partial charge in [0, 0.05) is 29.9 Å². The van der Waals surface area contributed by atoms with Crippen molar-refractivity contribution in [1.29, 1.82) is 0 Å². The van der Waals surface area contributed by atoms with E-state index in [1.807, 2.05) is 0 Å². The van der Waals surface area contributed by atoms with E-state index in [0.29, 0.717) is 5.52 Å². The molecule has 0 saturated carbocycles. The molecular formula is C11H10F2N2. The van der Waals surface area contributed by atoms with E-state index < -0.39 is 6.43 Å². The largest absolute Gasteiger partial charge is 0.388 e. The number of pyridine rings is 1. The van der Waals surface area contributed by atoms with Crippen molar-refractivity contribution in [2.24, 2.45) is 0 Å². The molecule has 78 valence electrons. The second kappa shape index (κ2) is 3.81. The van der Waals surface area contributed by atoms with E-state index in [1.54, 1.807) is 25.2 Å². The van der Waals surface area contributed by atoms with Crippen molar-refractivity contribution < 1.29 is 8.78 Å². The fraction of sp³-hybridized carbons (Fsp3) is 0.182. The van der Waals surface area contributed by atoms with Gasteiger partial charge in [0.25, 0.3) is 6.43 Å². The lowest BCUT2D eigenvalue weighted by molar-refractivity contribution is 0.153. The Morgan fingerprint density at radius 3 is 2.73 bits per heavy atom. The SMILES string of the molecule is CNc1ccc(C(F)F)c2ncccc12. The van der Waals surface area contributed by atoms with E-state index in [2.05, 4.69) is 10.3 Å². The smallest absolute Gasteiger partial charge is 0.265 e. The quantitative estimate of drug-likeness (QED) is 0.819. The van der Waals surface area contributed by atoms with Crippen LogP contribution in [0.1, 0.15) is 12.0 Å². The minimum Gasteiger partial charge on any atom is -0.388 e. The third-order valence-electron chi connectivity index (χ3n) is 2.31. The topological polar surface area (TPSA) is 24.9 Å². The summed E-state index contributed by atoms with van der Waals surface area (Å²) >= 11 is 0. The van der Waals surface area contributed by atoms with Crippen LogP contribution in [0.3, 0.4) is 0 Å². The molecule has 0 unspecified atom stereocenters. The van der Waals surface area contributed by atoms with Crippen molar-refractivity contribution in [3.8, 4) is 0 Å². The fourth-order valence-electron chi connectivity index (χ4n) is 1.59. The number of fused-ring (bicyclic) bond motifs is 1. The Kier molecular flexibility index (Phi) is 2.49. The number of alkyl halides is 2. The molecule has 0 fully saturated rings. The van der Waals surface area contributed by atoms with Crippen LogP contribution in [0.5, 0.6) is 0 Å². The third kappa shape index (κ3) is 1.63. The van der Waals surface area contributed by atoms with Crippen molar-refractivity contribution in [3.63, 3.8) is 0 Å².